The van der Waals surface area contributed by atoms with Crippen molar-refractivity contribution >= 4 is 31.4 Å². The smallest absolute Gasteiger partial charge is 0.334 e. The van der Waals surface area contributed by atoms with Gasteiger partial charge in [0.15, 0.2) is 0 Å². The minimum absolute atomic E-state index is 0. The third-order valence-electron chi connectivity index (χ3n) is 6.96. The second-order valence-electron chi connectivity index (χ2n) is 11.5. The molecule has 0 atom stereocenters. The molecule has 0 spiro atoms. The zero-order valence-electron chi connectivity index (χ0n) is 29.5. The van der Waals surface area contributed by atoms with Crippen LogP contribution in [-0.2, 0) is 41.8 Å². The van der Waals surface area contributed by atoms with E-state index in [-0.39, 0.29) is 44.6 Å². The Morgan fingerprint density at radius 2 is 0.922 bits per heavy atom. The number of nitrogens with one attached hydrogen (secondary N) is 2. The fourth-order valence-corrected chi connectivity index (χ4v) is 6.66. The van der Waals surface area contributed by atoms with Crippen molar-refractivity contribution in [3.05, 3.63) is 108 Å². The van der Waals surface area contributed by atoms with Crippen LogP contribution in [0.4, 0.5) is 28.9 Å². The molecule has 0 unspecified atom stereocenters. The summed E-state index contributed by atoms with van der Waals surface area (Å²) in [4.78, 5) is 0. The van der Waals surface area contributed by atoms with Gasteiger partial charge in [-0.25, -0.2) is 58.7 Å². The molecule has 0 aromatic heterocycles. The third-order valence-corrected chi connectivity index (χ3v) is 9.67. The van der Waals surface area contributed by atoms with Crippen LogP contribution in [0.3, 0.4) is 0 Å². The first kappa shape index (κ1) is 48.3. The molecule has 4 rings (SSSR count). The van der Waals surface area contributed by atoms with E-state index in [0.717, 1.165) is 101 Å². The maximum Gasteiger partial charge on any atom is 4.00 e. The van der Waals surface area contributed by atoms with Crippen LogP contribution in [0.25, 0.3) is 0 Å². The number of hydrogen-bond acceptors (Lipinski definition) is 4. The zero-order chi connectivity index (χ0) is 37.1. The van der Waals surface area contributed by atoms with Gasteiger partial charge >= 0.3 is 21.7 Å². The summed E-state index contributed by atoms with van der Waals surface area (Å²) in [5.41, 5.74) is -0.533. The van der Waals surface area contributed by atoms with Gasteiger partial charge in [0.05, 0.1) is 11.5 Å². The van der Waals surface area contributed by atoms with Crippen LogP contribution in [0.1, 0.15) is 104 Å². The average molecular weight is 787 g/mol. The van der Waals surface area contributed by atoms with E-state index in [1.807, 2.05) is 24.3 Å². The molecule has 2 aromatic carbocycles. The predicted molar refractivity (Wildman–Crippen MR) is 195 cm³/mol. The van der Waals surface area contributed by atoms with Crippen LogP contribution in [-0.4, -0.2) is 28.3 Å². The second-order valence-corrected chi connectivity index (χ2v) is 15.1. The average Bonchev–Trinajstić information content (AvgIpc) is 3.84. The molecule has 51 heavy (non-hydrogen) atoms. The van der Waals surface area contributed by atoms with Crippen molar-refractivity contribution in [3.63, 3.8) is 0 Å². The Bertz CT molecular complexity index is 1440. The summed E-state index contributed by atoms with van der Waals surface area (Å²) in [6.07, 6.45) is 31.5. The molecule has 2 aromatic rings. The van der Waals surface area contributed by atoms with Gasteiger partial charge in [0.25, 0.3) is 0 Å². The summed E-state index contributed by atoms with van der Waals surface area (Å²) < 4.78 is 103. The first-order chi connectivity index (χ1) is 23.9. The summed E-state index contributed by atoms with van der Waals surface area (Å²) in [6.45, 7) is 4.23. The molecular weight excluding hydrogens is 736 g/mol. The van der Waals surface area contributed by atoms with Gasteiger partial charge in [-0.1, -0.05) is 78.1 Å². The van der Waals surface area contributed by atoms with Gasteiger partial charge in [0.1, 0.15) is 0 Å². The van der Waals surface area contributed by atoms with Crippen molar-refractivity contribution in [1.82, 2.24) is 0 Å². The van der Waals surface area contributed by atoms with E-state index in [1.54, 1.807) is 12.1 Å². The van der Waals surface area contributed by atoms with Crippen LogP contribution in [0, 0.1) is 47.6 Å². The van der Waals surface area contributed by atoms with Gasteiger partial charge in [-0.15, -0.1) is 49.2 Å². The Labute approximate surface area is 319 Å². The van der Waals surface area contributed by atoms with Crippen LogP contribution in [0.15, 0.2) is 60.7 Å². The van der Waals surface area contributed by atoms with Gasteiger partial charge < -0.3 is 9.44 Å². The zero-order valence-corrected chi connectivity index (χ0v) is 32.7. The van der Waals surface area contributed by atoms with Crippen LogP contribution in [0.5, 0.6) is 0 Å². The Hall–Kier alpha value is -2.67. The van der Waals surface area contributed by atoms with Crippen LogP contribution in [0.2, 0.25) is 0 Å². The molecule has 0 radical (unpaired) electrons. The Morgan fingerprint density at radius 1 is 0.569 bits per heavy atom. The summed E-state index contributed by atoms with van der Waals surface area (Å²) in [5.74, 6) is -3.90. The molecule has 6 nitrogen and oxygen atoms in total. The molecule has 280 valence electrons. The van der Waals surface area contributed by atoms with E-state index in [9.17, 15) is 34.4 Å². The van der Waals surface area contributed by atoms with Crippen molar-refractivity contribution < 1.29 is 56.1 Å². The van der Waals surface area contributed by atoms with E-state index in [1.165, 1.54) is 0 Å². The number of halogens is 4. The molecule has 0 bridgehead atoms. The monoisotopic (exact) mass is 786 g/mol. The molecule has 2 aliphatic carbocycles. The summed E-state index contributed by atoms with van der Waals surface area (Å²) in [5, 5.41) is 0. The number of hydrogen-bond donors (Lipinski definition) is 2. The third kappa shape index (κ3) is 25.9. The van der Waals surface area contributed by atoms with E-state index in [0.29, 0.717) is 12.8 Å². The standard InChI is InChI=1S/2C14H20F2NO2S.2C5H5.Ti/c2*1-2-3-4-5-6-7-10-20(18,19)17-14-9-8-12(15)11-13(14)16;2*1-2-4-5-3-1;/h2*8-9,17H,2-7,10H2,1H3;2*1-3H,4H2;/q4*-1;+4. The molecule has 0 saturated heterocycles. The topological polar surface area (TPSA) is 92.3 Å². The fraction of sp³-hybridized carbons (Fsp3) is 0.474. The van der Waals surface area contributed by atoms with Crippen molar-refractivity contribution in [2.45, 2.75) is 104 Å². The second kappa shape index (κ2) is 28.9. The largest absolute Gasteiger partial charge is 4.00 e. The molecule has 0 fully saturated rings. The fourth-order valence-electron chi connectivity index (χ4n) is 4.31. The summed E-state index contributed by atoms with van der Waals surface area (Å²) in [6, 6.07) is 7.62. The van der Waals surface area contributed by atoms with E-state index in [2.05, 4.69) is 47.6 Å². The Morgan fingerprint density at radius 3 is 1.20 bits per heavy atom. The predicted octanol–water partition coefficient (Wildman–Crippen LogP) is 10.3. The molecule has 0 heterocycles. The summed E-state index contributed by atoms with van der Waals surface area (Å²) >= 11 is 0. The number of anilines is 2. The van der Waals surface area contributed by atoms with Crippen molar-refractivity contribution in [2.24, 2.45) is 0 Å². The quantitative estimate of drug-likeness (QED) is 0.0681. The SMILES string of the molecule is CCCCCCCCS(=O)(=O)Nc1ccc(F)[c-]c1F.CCCCCCCCS(=O)(=O)Nc1ccc(F)[c-]c1F.[C-]1=CC=CC1.[C-]1=CC=CC1.[Ti+4]. The Kier molecular flexibility index (Phi) is 27.4. The Balaban J connectivity index is 0.000000754. The number of allylic oxidation sites excluding steroid dienone is 8. The van der Waals surface area contributed by atoms with E-state index >= 15 is 0 Å². The number of sulfonamides is 2. The van der Waals surface area contributed by atoms with Crippen LogP contribution >= 0.6 is 0 Å². The maximum absolute atomic E-state index is 13.3. The van der Waals surface area contributed by atoms with Gasteiger partial charge in [0, 0.05) is 23.3 Å². The minimum Gasteiger partial charge on any atom is -0.334 e. The van der Waals surface area contributed by atoms with Crippen molar-refractivity contribution in [3.8, 4) is 0 Å². The van der Waals surface area contributed by atoms with E-state index < -0.39 is 43.3 Å². The normalized spacial score (nSPS) is 12.5. The van der Waals surface area contributed by atoms with E-state index in [4.69, 9.17) is 0 Å². The molecule has 2 aliphatic rings. The number of rotatable bonds is 18. The number of benzene rings is 2. The van der Waals surface area contributed by atoms with Gasteiger partial charge in [0.2, 0.25) is 20.0 Å². The summed E-state index contributed by atoms with van der Waals surface area (Å²) in [7, 11) is -7.19. The molecule has 0 saturated carbocycles. The van der Waals surface area contributed by atoms with Gasteiger partial charge in [-0.05, 0) is 24.2 Å². The van der Waals surface area contributed by atoms with Crippen molar-refractivity contribution in [1.29, 1.82) is 0 Å². The van der Waals surface area contributed by atoms with Crippen molar-refractivity contribution in [2.75, 3.05) is 20.9 Å². The molecular formula is C38H50F4N2O4S2Ti. The maximum atomic E-state index is 13.3. The number of unbranched alkanes of at least 4 members (excludes halogenated alkanes) is 10. The van der Waals surface area contributed by atoms with Gasteiger partial charge in [-0.3, -0.25) is 12.2 Å². The molecule has 13 heteroatoms. The van der Waals surface area contributed by atoms with Gasteiger partial charge in [-0.2, -0.15) is 12.2 Å². The first-order valence-electron chi connectivity index (χ1n) is 17.1. The molecule has 0 amide bonds. The first-order valence-corrected chi connectivity index (χ1v) is 20.4. The van der Waals surface area contributed by atoms with Crippen LogP contribution < -0.4 is 9.44 Å². The molecule has 0 aliphatic heterocycles. The minimum atomic E-state index is -3.60. The molecule has 2 N–H and O–H groups in total.